The summed E-state index contributed by atoms with van der Waals surface area (Å²) in [6, 6.07) is 11.3. The zero-order valence-electron chi connectivity index (χ0n) is 8.10. The number of aliphatic carboxylic acids is 1. The number of nitrogens with two attached hydrogens (primary N) is 1. The smallest absolute Gasteiger partial charge is 0.307 e. The van der Waals surface area contributed by atoms with Crippen molar-refractivity contribution in [2.45, 2.75) is 6.42 Å². The molecule has 0 saturated carbocycles. The number of carboxylic acid groups (broad SMARTS) is 1. The molecule has 0 radical (unpaired) electrons. The Morgan fingerprint density at radius 2 is 1.93 bits per heavy atom. The second-order valence-corrected chi connectivity index (χ2v) is 3.42. The number of anilines is 1. The van der Waals surface area contributed by atoms with Crippen LogP contribution in [-0.2, 0) is 11.2 Å². The van der Waals surface area contributed by atoms with Gasteiger partial charge in [0.15, 0.2) is 0 Å². The first-order chi connectivity index (χ1) is 7.18. The van der Waals surface area contributed by atoms with E-state index in [0.29, 0.717) is 11.3 Å². The minimum absolute atomic E-state index is 0.0345. The Morgan fingerprint density at radius 1 is 1.20 bits per heavy atom. The van der Waals surface area contributed by atoms with E-state index in [2.05, 4.69) is 0 Å². The standard InChI is InChI=1S/C12H11NO2/c13-11-6-5-8-3-1-2-4-9(8)10(11)7-12(14)15/h1-6H,7,13H2,(H,14,15). The van der Waals surface area contributed by atoms with Gasteiger partial charge in [0, 0.05) is 5.69 Å². The van der Waals surface area contributed by atoms with Gasteiger partial charge in [-0.2, -0.15) is 0 Å². The van der Waals surface area contributed by atoms with Crippen molar-refractivity contribution in [2.75, 3.05) is 5.73 Å². The fraction of sp³-hybridized carbons (Fsp3) is 0.0833. The summed E-state index contributed by atoms with van der Waals surface area (Å²) in [5.41, 5.74) is 7.00. The molecule has 0 saturated heterocycles. The van der Waals surface area contributed by atoms with E-state index < -0.39 is 5.97 Å². The molecule has 0 aliphatic carbocycles. The van der Waals surface area contributed by atoms with Crippen LogP contribution in [0.3, 0.4) is 0 Å². The van der Waals surface area contributed by atoms with Crippen LogP contribution in [0.25, 0.3) is 10.8 Å². The predicted octanol–water partition coefficient (Wildman–Crippen LogP) is 2.05. The first-order valence-corrected chi connectivity index (χ1v) is 4.66. The van der Waals surface area contributed by atoms with E-state index in [-0.39, 0.29) is 6.42 Å². The second-order valence-electron chi connectivity index (χ2n) is 3.42. The Morgan fingerprint density at radius 3 is 2.67 bits per heavy atom. The molecule has 0 aliphatic heterocycles. The normalized spacial score (nSPS) is 10.4. The summed E-state index contributed by atoms with van der Waals surface area (Å²) in [7, 11) is 0. The molecule has 3 N–H and O–H groups in total. The molecule has 3 heteroatoms. The topological polar surface area (TPSA) is 63.3 Å². The molecule has 0 fully saturated rings. The minimum atomic E-state index is -0.863. The highest BCUT2D eigenvalue weighted by Crippen LogP contribution is 2.24. The van der Waals surface area contributed by atoms with Crippen LogP contribution in [0.2, 0.25) is 0 Å². The van der Waals surface area contributed by atoms with E-state index in [1.807, 2.05) is 30.3 Å². The number of hydrogen-bond acceptors (Lipinski definition) is 2. The van der Waals surface area contributed by atoms with Crippen molar-refractivity contribution in [3.63, 3.8) is 0 Å². The fourth-order valence-electron chi connectivity index (χ4n) is 1.70. The third kappa shape index (κ3) is 1.76. The van der Waals surface area contributed by atoms with Crippen molar-refractivity contribution in [3.8, 4) is 0 Å². The molecule has 15 heavy (non-hydrogen) atoms. The predicted molar refractivity (Wildman–Crippen MR) is 59.7 cm³/mol. The van der Waals surface area contributed by atoms with Gasteiger partial charge in [0.2, 0.25) is 0 Å². The van der Waals surface area contributed by atoms with Gasteiger partial charge in [0.25, 0.3) is 0 Å². The fourth-order valence-corrected chi connectivity index (χ4v) is 1.70. The lowest BCUT2D eigenvalue weighted by molar-refractivity contribution is -0.136. The van der Waals surface area contributed by atoms with Crippen molar-refractivity contribution < 1.29 is 9.90 Å². The Bertz CT molecular complexity index is 520. The van der Waals surface area contributed by atoms with E-state index in [0.717, 1.165) is 10.8 Å². The number of fused-ring (bicyclic) bond motifs is 1. The van der Waals surface area contributed by atoms with Gasteiger partial charge in [-0.05, 0) is 22.4 Å². The average Bonchev–Trinajstić information content (AvgIpc) is 2.22. The summed E-state index contributed by atoms with van der Waals surface area (Å²) in [5, 5.41) is 10.7. The van der Waals surface area contributed by atoms with Gasteiger partial charge in [-0.3, -0.25) is 4.79 Å². The number of carbonyl (C=O) groups is 1. The lowest BCUT2D eigenvalue weighted by atomic mass is 10.0. The van der Waals surface area contributed by atoms with Gasteiger partial charge < -0.3 is 10.8 Å². The highest BCUT2D eigenvalue weighted by Gasteiger charge is 2.08. The van der Waals surface area contributed by atoms with Gasteiger partial charge >= 0.3 is 5.97 Å². The zero-order valence-corrected chi connectivity index (χ0v) is 8.10. The van der Waals surface area contributed by atoms with Crippen LogP contribution in [0.1, 0.15) is 5.56 Å². The zero-order chi connectivity index (χ0) is 10.8. The third-order valence-corrected chi connectivity index (χ3v) is 2.40. The molecular formula is C12H11NO2. The number of benzene rings is 2. The highest BCUT2D eigenvalue weighted by molar-refractivity contribution is 5.92. The van der Waals surface area contributed by atoms with Crippen LogP contribution < -0.4 is 5.73 Å². The van der Waals surface area contributed by atoms with E-state index in [1.54, 1.807) is 6.07 Å². The first-order valence-electron chi connectivity index (χ1n) is 4.66. The van der Waals surface area contributed by atoms with E-state index >= 15 is 0 Å². The summed E-state index contributed by atoms with van der Waals surface area (Å²) < 4.78 is 0. The number of carboxylic acids is 1. The van der Waals surface area contributed by atoms with Gasteiger partial charge in [0.05, 0.1) is 6.42 Å². The molecule has 2 aromatic carbocycles. The summed E-state index contributed by atoms with van der Waals surface area (Å²) in [6.45, 7) is 0. The molecule has 0 heterocycles. The Balaban J connectivity index is 2.68. The largest absolute Gasteiger partial charge is 0.481 e. The van der Waals surface area contributed by atoms with Crippen molar-refractivity contribution >= 4 is 22.4 Å². The maximum Gasteiger partial charge on any atom is 0.307 e. The summed E-state index contributed by atoms with van der Waals surface area (Å²) in [5.74, 6) is -0.863. The van der Waals surface area contributed by atoms with Crippen molar-refractivity contribution in [1.29, 1.82) is 0 Å². The second kappa shape index (κ2) is 3.61. The Hall–Kier alpha value is -2.03. The van der Waals surface area contributed by atoms with Crippen LogP contribution in [-0.4, -0.2) is 11.1 Å². The molecular weight excluding hydrogens is 190 g/mol. The molecule has 76 valence electrons. The lowest BCUT2D eigenvalue weighted by Crippen LogP contribution is -2.04. The number of rotatable bonds is 2. The maximum atomic E-state index is 10.7. The molecule has 0 aromatic heterocycles. The molecule has 3 nitrogen and oxygen atoms in total. The third-order valence-electron chi connectivity index (χ3n) is 2.40. The molecule has 0 unspecified atom stereocenters. The Kier molecular flexibility index (Phi) is 2.29. The van der Waals surface area contributed by atoms with Crippen molar-refractivity contribution in [3.05, 3.63) is 42.0 Å². The van der Waals surface area contributed by atoms with Crippen LogP contribution in [0.4, 0.5) is 5.69 Å². The monoisotopic (exact) mass is 201 g/mol. The van der Waals surface area contributed by atoms with E-state index in [9.17, 15) is 4.79 Å². The van der Waals surface area contributed by atoms with Gasteiger partial charge in [-0.1, -0.05) is 30.3 Å². The van der Waals surface area contributed by atoms with Crippen LogP contribution in [0, 0.1) is 0 Å². The SMILES string of the molecule is Nc1ccc2ccccc2c1CC(=O)O. The number of hydrogen-bond donors (Lipinski definition) is 2. The molecule has 0 aliphatic rings. The quantitative estimate of drug-likeness (QED) is 0.731. The molecule has 0 amide bonds. The number of nitrogen functional groups attached to an aromatic ring is 1. The molecule has 2 aromatic rings. The molecule has 0 spiro atoms. The van der Waals surface area contributed by atoms with Crippen LogP contribution in [0.15, 0.2) is 36.4 Å². The average molecular weight is 201 g/mol. The van der Waals surface area contributed by atoms with Gasteiger partial charge in [-0.25, -0.2) is 0 Å². The summed E-state index contributed by atoms with van der Waals surface area (Å²) >= 11 is 0. The molecule has 0 atom stereocenters. The van der Waals surface area contributed by atoms with Gasteiger partial charge in [-0.15, -0.1) is 0 Å². The lowest BCUT2D eigenvalue weighted by Gasteiger charge is -2.07. The Labute approximate surface area is 87.1 Å². The molecule has 0 bridgehead atoms. The summed E-state index contributed by atoms with van der Waals surface area (Å²) in [6.07, 6.45) is -0.0345. The minimum Gasteiger partial charge on any atom is -0.481 e. The van der Waals surface area contributed by atoms with Crippen molar-refractivity contribution in [2.24, 2.45) is 0 Å². The summed E-state index contributed by atoms with van der Waals surface area (Å²) in [4.78, 5) is 10.7. The van der Waals surface area contributed by atoms with E-state index in [1.165, 1.54) is 0 Å². The van der Waals surface area contributed by atoms with Crippen LogP contribution >= 0.6 is 0 Å². The first kappa shape index (κ1) is 9.52. The van der Waals surface area contributed by atoms with Crippen molar-refractivity contribution in [1.82, 2.24) is 0 Å². The van der Waals surface area contributed by atoms with E-state index in [4.69, 9.17) is 10.8 Å². The van der Waals surface area contributed by atoms with Crippen LogP contribution in [0.5, 0.6) is 0 Å². The highest BCUT2D eigenvalue weighted by atomic mass is 16.4. The maximum absolute atomic E-state index is 10.7. The van der Waals surface area contributed by atoms with Gasteiger partial charge in [0.1, 0.15) is 0 Å². The molecule has 2 rings (SSSR count).